The fourth-order valence-corrected chi connectivity index (χ4v) is 6.01. The Morgan fingerprint density at radius 2 is 1.70 bits per heavy atom. The van der Waals surface area contributed by atoms with Gasteiger partial charge in [-0.25, -0.2) is 8.42 Å². The van der Waals surface area contributed by atoms with Gasteiger partial charge < -0.3 is 10.2 Å². The second-order valence-electron chi connectivity index (χ2n) is 8.85. The van der Waals surface area contributed by atoms with Crippen molar-refractivity contribution in [2.45, 2.75) is 43.4 Å². The molecule has 1 saturated heterocycles. The fraction of sp³-hybridized carbons (Fsp3) is 0.440. The molecule has 1 saturated carbocycles. The van der Waals surface area contributed by atoms with Crippen LogP contribution < -0.4 is 10.2 Å². The lowest BCUT2D eigenvalue weighted by atomic mass is 9.95. The molecule has 176 valence electrons. The highest BCUT2D eigenvalue weighted by molar-refractivity contribution is 7.89. The van der Waals surface area contributed by atoms with Crippen molar-refractivity contribution in [3.05, 3.63) is 60.2 Å². The molecule has 1 aliphatic heterocycles. The van der Waals surface area contributed by atoms with E-state index in [0.717, 1.165) is 12.8 Å². The number of benzene rings is 2. The van der Waals surface area contributed by atoms with E-state index in [9.17, 15) is 18.0 Å². The van der Waals surface area contributed by atoms with E-state index in [2.05, 4.69) is 17.4 Å². The van der Waals surface area contributed by atoms with Gasteiger partial charge in [-0.3, -0.25) is 9.59 Å². The van der Waals surface area contributed by atoms with Gasteiger partial charge in [0.2, 0.25) is 21.8 Å². The summed E-state index contributed by atoms with van der Waals surface area (Å²) in [7, 11) is -3.55. The number of hydrogen-bond acceptors (Lipinski definition) is 4. The Hall–Kier alpha value is -2.71. The summed E-state index contributed by atoms with van der Waals surface area (Å²) in [6.07, 6.45) is 2.26. The van der Waals surface area contributed by atoms with E-state index >= 15 is 0 Å². The monoisotopic (exact) mass is 469 g/mol. The first-order valence-corrected chi connectivity index (χ1v) is 13.0. The predicted molar refractivity (Wildman–Crippen MR) is 127 cm³/mol. The van der Waals surface area contributed by atoms with Crippen LogP contribution in [0.1, 0.15) is 38.7 Å². The molecule has 0 radical (unpaired) electrons. The molecule has 4 rings (SSSR count). The zero-order chi connectivity index (χ0) is 23.6. The highest BCUT2D eigenvalue weighted by atomic mass is 32.2. The van der Waals surface area contributed by atoms with Crippen molar-refractivity contribution in [1.82, 2.24) is 9.62 Å². The number of hydrogen-bond donors (Lipinski definition) is 1. The molecule has 0 spiro atoms. The van der Waals surface area contributed by atoms with E-state index < -0.39 is 15.9 Å². The predicted octanol–water partition coefficient (Wildman–Crippen LogP) is 2.92. The molecule has 33 heavy (non-hydrogen) atoms. The molecule has 2 fully saturated rings. The molecular formula is C25H31N3O4S. The highest BCUT2D eigenvalue weighted by Gasteiger charge is 2.45. The second-order valence-corrected chi connectivity index (χ2v) is 10.8. The molecule has 8 heteroatoms. The standard InChI is InChI=1S/C25H31N3O4S/c1-3-27(4-2)33(31,32)22-12-10-21(11-13-22)28-17-19(16-23(28)29)24(30)26-18-25(14-15-25)20-8-6-5-7-9-20/h5-13,19H,3-4,14-18H2,1-2H3,(H,26,30)/t19-/m1/s1. The quantitative estimate of drug-likeness (QED) is 0.612. The van der Waals surface area contributed by atoms with Gasteiger partial charge in [-0.1, -0.05) is 44.2 Å². The van der Waals surface area contributed by atoms with Crippen LogP contribution in [0.15, 0.2) is 59.5 Å². The van der Waals surface area contributed by atoms with Crippen LogP contribution in [0.2, 0.25) is 0 Å². The lowest BCUT2D eigenvalue weighted by molar-refractivity contribution is -0.126. The molecule has 1 aliphatic carbocycles. The maximum Gasteiger partial charge on any atom is 0.243 e. The number of amides is 2. The van der Waals surface area contributed by atoms with Crippen molar-refractivity contribution in [2.75, 3.05) is 31.1 Å². The number of nitrogens with one attached hydrogen (secondary N) is 1. The van der Waals surface area contributed by atoms with Crippen LogP contribution in [0.3, 0.4) is 0 Å². The van der Waals surface area contributed by atoms with Crippen molar-refractivity contribution in [1.29, 1.82) is 0 Å². The smallest absolute Gasteiger partial charge is 0.243 e. The van der Waals surface area contributed by atoms with Crippen LogP contribution in [0.4, 0.5) is 5.69 Å². The van der Waals surface area contributed by atoms with Crippen molar-refractivity contribution >= 4 is 27.5 Å². The maximum atomic E-state index is 12.8. The summed E-state index contributed by atoms with van der Waals surface area (Å²) in [6.45, 7) is 5.27. The molecule has 7 nitrogen and oxygen atoms in total. The molecule has 2 aromatic rings. The number of carbonyl (C=O) groups excluding carboxylic acids is 2. The number of anilines is 1. The van der Waals surface area contributed by atoms with Gasteiger partial charge in [0.15, 0.2) is 0 Å². The number of carbonyl (C=O) groups is 2. The molecule has 0 unspecified atom stereocenters. The Bertz CT molecular complexity index is 1110. The SMILES string of the molecule is CCN(CC)S(=O)(=O)c1ccc(N2C[C@H](C(=O)NCC3(c4ccccc4)CC3)CC2=O)cc1. The van der Waals surface area contributed by atoms with Gasteiger partial charge in [-0.05, 0) is 42.7 Å². The molecule has 2 aliphatic rings. The summed E-state index contributed by atoms with van der Waals surface area (Å²) < 4.78 is 26.8. The first-order valence-electron chi connectivity index (χ1n) is 11.5. The van der Waals surface area contributed by atoms with Crippen LogP contribution >= 0.6 is 0 Å². The van der Waals surface area contributed by atoms with E-state index in [1.54, 1.807) is 30.9 Å². The summed E-state index contributed by atoms with van der Waals surface area (Å²) >= 11 is 0. The molecule has 1 N–H and O–H groups in total. The summed E-state index contributed by atoms with van der Waals surface area (Å²) in [5.74, 6) is -0.643. The van der Waals surface area contributed by atoms with Crippen LogP contribution in [0.25, 0.3) is 0 Å². The van der Waals surface area contributed by atoms with Crippen LogP contribution in [-0.4, -0.2) is 50.7 Å². The summed E-state index contributed by atoms with van der Waals surface area (Å²) in [5, 5.41) is 3.07. The number of sulfonamides is 1. The Kier molecular flexibility index (Phi) is 6.59. The van der Waals surface area contributed by atoms with Gasteiger partial charge >= 0.3 is 0 Å². The summed E-state index contributed by atoms with van der Waals surface area (Å²) in [5.41, 5.74) is 1.87. The van der Waals surface area contributed by atoms with Gasteiger partial charge in [0.25, 0.3) is 0 Å². The Balaban J connectivity index is 1.39. The number of rotatable bonds is 9. The van der Waals surface area contributed by atoms with Gasteiger partial charge in [0.05, 0.1) is 10.8 Å². The molecule has 1 atom stereocenters. The van der Waals surface area contributed by atoms with Gasteiger partial charge in [-0.15, -0.1) is 0 Å². The van der Waals surface area contributed by atoms with Gasteiger partial charge in [0.1, 0.15) is 0 Å². The van der Waals surface area contributed by atoms with Crippen molar-refractivity contribution < 1.29 is 18.0 Å². The van der Waals surface area contributed by atoms with Crippen molar-refractivity contribution in [3.63, 3.8) is 0 Å². The third-order valence-corrected chi connectivity index (χ3v) is 8.89. The van der Waals surface area contributed by atoms with Crippen LogP contribution in [-0.2, 0) is 25.0 Å². The first-order chi connectivity index (χ1) is 15.8. The third kappa shape index (κ3) is 4.68. The maximum absolute atomic E-state index is 12.8. The average Bonchev–Trinajstić information content (AvgIpc) is 3.53. The van der Waals surface area contributed by atoms with E-state index in [0.29, 0.717) is 31.9 Å². The molecule has 1 heterocycles. The van der Waals surface area contributed by atoms with E-state index in [1.807, 2.05) is 18.2 Å². The minimum Gasteiger partial charge on any atom is -0.355 e. The lowest BCUT2D eigenvalue weighted by Gasteiger charge is -2.20. The average molecular weight is 470 g/mol. The third-order valence-electron chi connectivity index (χ3n) is 6.83. The first kappa shape index (κ1) is 23.4. The molecule has 2 amide bonds. The highest BCUT2D eigenvalue weighted by Crippen LogP contribution is 2.47. The topological polar surface area (TPSA) is 86.8 Å². The Labute approximate surface area is 195 Å². The van der Waals surface area contributed by atoms with E-state index in [-0.39, 0.29) is 28.5 Å². The number of nitrogens with zero attached hydrogens (tertiary/aromatic N) is 2. The zero-order valence-corrected chi connectivity index (χ0v) is 20.0. The van der Waals surface area contributed by atoms with Crippen LogP contribution in [0.5, 0.6) is 0 Å². The van der Waals surface area contributed by atoms with E-state index in [4.69, 9.17) is 0 Å². The minimum atomic E-state index is -3.55. The summed E-state index contributed by atoms with van der Waals surface area (Å²) in [6, 6.07) is 16.6. The minimum absolute atomic E-state index is 0.0193. The lowest BCUT2D eigenvalue weighted by Crippen LogP contribution is -2.37. The fourth-order valence-electron chi connectivity index (χ4n) is 4.55. The zero-order valence-electron chi connectivity index (χ0n) is 19.2. The normalized spacial score (nSPS) is 19.7. The largest absolute Gasteiger partial charge is 0.355 e. The molecule has 0 bridgehead atoms. The van der Waals surface area contributed by atoms with Crippen LogP contribution in [0, 0.1) is 5.92 Å². The van der Waals surface area contributed by atoms with E-state index in [1.165, 1.54) is 22.0 Å². The molecular weight excluding hydrogens is 438 g/mol. The second kappa shape index (κ2) is 9.27. The van der Waals surface area contributed by atoms with Crippen molar-refractivity contribution in [2.24, 2.45) is 5.92 Å². The molecule has 2 aromatic carbocycles. The Morgan fingerprint density at radius 1 is 1.06 bits per heavy atom. The Morgan fingerprint density at radius 3 is 2.27 bits per heavy atom. The van der Waals surface area contributed by atoms with Crippen molar-refractivity contribution in [3.8, 4) is 0 Å². The van der Waals surface area contributed by atoms with Gasteiger partial charge in [-0.2, -0.15) is 4.31 Å². The summed E-state index contributed by atoms with van der Waals surface area (Å²) in [4.78, 5) is 27.2. The van der Waals surface area contributed by atoms with Gasteiger partial charge in [0, 0.05) is 43.7 Å². The molecule has 0 aromatic heterocycles.